The minimum atomic E-state index is -3.39. The summed E-state index contributed by atoms with van der Waals surface area (Å²) < 4.78 is 25.4. The highest BCUT2D eigenvalue weighted by molar-refractivity contribution is 7.88. The van der Waals surface area contributed by atoms with Crippen LogP contribution in [0.25, 0.3) is 0 Å². The highest BCUT2D eigenvalue weighted by Crippen LogP contribution is 2.20. The molecule has 2 heterocycles. The molecular weight excluding hydrogens is 326 g/mol. The fourth-order valence-electron chi connectivity index (χ4n) is 3.15. The molecule has 0 bridgehead atoms. The Bertz CT molecular complexity index is 634. The van der Waals surface area contributed by atoms with Crippen LogP contribution < -0.4 is 0 Å². The van der Waals surface area contributed by atoms with Gasteiger partial charge in [-0.05, 0) is 37.8 Å². The summed E-state index contributed by atoms with van der Waals surface area (Å²) in [7, 11) is -3.39. The number of aromatic nitrogens is 1. The van der Waals surface area contributed by atoms with Gasteiger partial charge in [0.05, 0.1) is 18.5 Å². The third-order valence-corrected chi connectivity index (χ3v) is 5.78. The second-order valence-electron chi connectivity index (χ2n) is 6.31. The molecule has 7 heteroatoms. The number of carbonyl (C=O) groups is 1. The molecule has 24 heavy (non-hydrogen) atoms. The summed E-state index contributed by atoms with van der Waals surface area (Å²) in [6, 6.07) is 5.71. The van der Waals surface area contributed by atoms with E-state index in [-0.39, 0.29) is 25.4 Å². The smallest absolute Gasteiger partial charge is 0.224 e. The van der Waals surface area contributed by atoms with Crippen LogP contribution in [0.3, 0.4) is 0 Å². The predicted molar refractivity (Wildman–Crippen MR) is 93.8 cm³/mol. The van der Waals surface area contributed by atoms with Crippen molar-refractivity contribution in [2.45, 2.75) is 51.6 Å². The quantitative estimate of drug-likeness (QED) is 0.752. The minimum Gasteiger partial charge on any atom is -0.340 e. The molecule has 1 fully saturated rings. The van der Waals surface area contributed by atoms with Crippen LogP contribution in [0, 0.1) is 0 Å². The predicted octanol–water partition coefficient (Wildman–Crippen LogP) is 2.02. The van der Waals surface area contributed by atoms with Gasteiger partial charge in [-0.1, -0.05) is 13.0 Å². The molecule has 0 aliphatic carbocycles. The molecule has 0 N–H and O–H groups in total. The zero-order chi connectivity index (χ0) is 17.6. The Labute approximate surface area is 144 Å². The lowest BCUT2D eigenvalue weighted by Crippen LogP contribution is -2.44. The van der Waals surface area contributed by atoms with E-state index in [0.717, 1.165) is 32.2 Å². The highest BCUT2D eigenvalue weighted by atomic mass is 32.2. The van der Waals surface area contributed by atoms with Crippen LogP contribution in [-0.2, 0) is 21.4 Å². The van der Waals surface area contributed by atoms with Gasteiger partial charge in [-0.15, -0.1) is 0 Å². The van der Waals surface area contributed by atoms with Gasteiger partial charge in [0, 0.05) is 31.7 Å². The first-order valence-electron chi connectivity index (χ1n) is 8.56. The van der Waals surface area contributed by atoms with Crippen LogP contribution >= 0.6 is 0 Å². The molecule has 134 valence electrons. The number of amides is 1. The van der Waals surface area contributed by atoms with Gasteiger partial charge in [-0.3, -0.25) is 9.78 Å². The second kappa shape index (κ2) is 8.58. The van der Waals surface area contributed by atoms with E-state index in [2.05, 4.69) is 11.9 Å². The van der Waals surface area contributed by atoms with Crippen LogP contribution in [-0.4, -0.2) is 53.9 Å². The van der Waals surface area contributed by atoms with Crippen molar-refractivity contribution in [3.63, 3.8) is 0 Å². The number of nitrogens with zero attached hydrogens (tertiary/aromatic N) is 3. The van der Waals surface area contributed by atoms with E-state index in [9.17, 15) is 13.2 Å². The van der Waals surface area contributed by atoms with Gasteiger partial charge in [-0.2, -0.15) is 4.31 Å². The Kier molecular flexibility index (Phi) is 6.74. The molecule has 1 aliphatic heterocycles. The highest BCUT2D eigenvalue weighted by Gasteiger charge is 2.26. The Morgan fingerprint density at radius 3 is 2.79 bits per heavy atom. The van der Waals surface area contributed by atoms with Crippen molar-refractivity contribution in [2.24, 2.45) is 0 Å². The Morgan fingerprint density at radius 2 is 2.17 bits per heavy atom. The molecule has 1 aromatic heterocycles. The zero-order valence-electron chi connectivity index (χ0n) is 14.5. The Morgan fingerprint density at radius 1 is 1.38 bits per heavy atom. The third-order valence-electron chi connectivity index (χ3n) is 4.53. The van der Waals surface area contributed by atoms with Gasteiger partial charge in [0.1, 0.15) is 0 Å². The van der Waals surface area contributed by atoms with E-state index in [1.807, 2.05) is 11.0 Å². The van der Waals surface area contributed by atoms with E-state index in [1.165, 1.54) is 10.6 Å². The van der Waals surface area contributed by atoms with E-state index in [4.69, 9.17) is 0 Å². The summed E-state index contributed by atoms with van der Waals surface area (Å²) in [5.74, 6) is 0.0521. The minimum absolute atomic E-state index is 0.0521. The first-order chi connectivity index (χ1) is 11.4. The van der Waals surface area contributed by atoms with Crippen LogP contribution in [0.2, 0.25) is 0 Å². The summed E-state index contributed by atoms with van der Waals surface area (Å²) in [6.45, 7) is 3.28. The maximum absolute atomic E-state index is 12.5. The fourth-order valence-corrected chi connectivity index (χ4v) is 3.94. The van der Waals surface area contributed by atoms with Gasteiger partial charge in [0.25, 0.3) is 0 Å². The van der Waals surface area contributed by atoms with Gasteiger partial charge < -0.3 is 4.90 Å². The first kappa shape index (κ1) is 18.9. The molecule has 0 saturated carbocycles. The van der Waals surface area contributed by atoms with Gasteiger partial charge in [0.15, 0.2) is 0 Å². The molecular formula is C17H27N3O3S. The Balaban J connectivity index is 1.98. The number of rotatable bonds is 7. The van der Waals surface area contributed by atoms with Gasteiger partial charge >= 0.3 is 0 Å². The lowest BCUT2D eigenvalue weighted by Gasteiger charge is -2.35. The average Bonchev–Trinajstić information content (AvgIpc) is 2.58. The number of pyridine rings is 1. The topological polar surface area (TPSA) is 70.6 Å². The first-order valence-corrected chi connectivity index (χ1v) is 10.4. The molecule has 1 aliphatic rings. The van der Waals surface area contributed by atoms with Crippen LogP contribution in [0.1, 0.15) is 44.7 Å². The Hall–Kier alpha value is -1.47. The van der Waals surface area contributed by atoms with E-state index in [1.54, 1.807) is 18.3 Å². The molecule has 0 spiro atoms. The monoisotopic (exact) mass is 353 g/mol. The van der Waals surface area contributed by atoms with E-state index in [0.29, 0.717) is 11.7 Å². The van der Waals surface area contributed by atoms with Crippen molar-refractivity contribution in [3.8, 4) is 0 Å². The van der Waals surface area contributed by atoms with Crippen LogP contribution in [0.15, 0.2) is 24.4 Å². The zero-order valence-corrected chi connectivity index (χ0v) is 15.3. The number of hydrogen-bond donors (Lipinski definition) is 0. The molecule has 2 rings (SSSR count). The lowest BCUT2D eigenvalue weighted by molar-refractivity contribution is -0.135. The van der Waals surface area contributed by atoms with E-state index >= 15 is 0 Å². The normalized spacial score (nSPS) is 18.8. The average molecular weight is 353 g/mol. The summed E-state index contributed by atoms with van der Waals surface area (Å²) in [5.41, 5.74) is 0.680. The molecule has 1 unspecified atom stereocenters. The summed E-state index contributed by atoms with van der Waals surface area (Å²) in [5, 5.41) is 0. The maximum atomic E-state index is 12.5. The molecule has 0 radical (unpaired) electrons. The number of hydrogen-bond acceptors (Lipinski definition) is 4. The second-order valence-corrected chi connectivity index (χ2v) is 8.30. The summed E-state index contributed by atoms with van der Waals surface area (Å²) in [6.07, 6.45) is 7.23. The van der Waals surface area contributed by atoms with Crippen molar-refractivity contribution in [1.82, 2.24) is 14.2 Å². The number of sulfonamides is 1. The van der Waals surface area contributed by atoms with Crippen molar-refractivity contribution in [3.05, 3.63) is 30.1 Å². The molecule has 1 amide bonds. The van der Waals surface area contributed by atoms with Crippen LogP contribution in [0.4, 0.5) is 0 Å². The summed E-state index contributed by atoms with van der Waals surface area (Å²) >= 11 is 0. The molecule has 0 aromatic carbocycles. The van der Waals surface area contributed by atoms with Gasteiger partial charge in [-0.25, -0.2) is 8.42 Å². The molecule has 1 atom stereocenters. The largest absolute Gasteiger partial charge is 0.340 e. The van der Waals surface area contributed by atoms with Crippen molar-refractivity contribution >= 4 is 15.9 Å². The van der Waals surface area contributed by atoms with Crippen LogP contribution in [0.5, 0.6) is 0 Å². The number of piperidine rings is 1. The van der Waals surface area contributed by atoms with Crippen molar-refractivity contribution in [2.75, 3.05) is 19.3 Å². The summed E-state index contributed by atoms with van der Waals surface area (Å²) in [4.78, 5) is 18.6. The van der Waals surface area contributed by atoms with E-state index < -0.39 is 10.0 Å². The standard InChI is InChI=1S/C17H27N3O3S/c1-3-16-9-5-7-12-20(16)17(21)10-13-19(24(2,22)23)14-15-8-4-6-11-18-15/h4,6,8,11,16H,3,5,7,9-10,12-14H2,1-2H3. The SMILES string of the molecule is CCC1CCCCN1C(=O)CCN(Cc1ccccn1)S(C)(=O)=O. The molecule has 1 aromatic rings. The van der Waals surface area contributed by atoms with Crippen molar-refractivity contribution < 1.29 is 13.2 Å². The van der Waals surface area contributed by atoms with Gasteiger partial charge in [0.2, 0.25) is 15.9 Å². The molecule has 1 saturated heterocycles. The number of likely N-dealkylation sites (tertiary alicyclic amines) is 1. The molecule has 6 nitrogen and oxygen atoms in total. The third kappa shape index (κ3) is 5.27. The maximum Gasteiger partial charge on any atom is 0.224 e. The lowest BCUT2D eigenvalue weighted by atomic mass is 9.99. The fraction of sp³-hybridized carbons (Fsp3) is 0.647. The van der Waals surface area contributed by atoms with Crippen molar-refractivity contribution in [1.29, 1.82) is 0 Å². The number of carbonyl (C=O) groups excluding carboxylic acids is 1.